The smallest absolute Gasteiger partial charge is 0.416 e. The van der Waals surface area contributed by atoms with Crippen molar-refractivity contribution in [3.05, 3.63) is 84.7 Å². The van der Waals surface area contributed by atoms with Gasteiger partial charge in [-0.1, -0.05) is 24.3 Å². The molecule has 0 aliphatic heterocycles. The first-order valence-corrected chi connectivity index (χ1v) is 11.9. The molecule has 0 aliphatic carbocycles. The normalized spacial score (nSPS) is 10.6. The molecule has 4 rings (SSSR count). The molecule has 0 radical (unpaired) electrons. The molecule has 0 aliphatic rings. The Bertz CT molecular complexity index is 1320. The van der Waals surface area contributed by atoms with Crippen LogP contribution in [-0.4, -0.2) is 53.4 Å². The van der Waals surface area contributed by atoms with Crippen LogP contribution in [0.3, 0.4) is 0 Å². The molecule has 0 saturated heterocycles. The minimum absolute atomic E-state index is 0.162. The number of amides is 1. The summed E-state index contributed by atoms with van der Waals surface area (Å²) in [4.78, 5) is 30.7. The molecular weight excluding hydrogens is 474 g/mol. The summed E-state index contributed by atoms with van der Waals surface area (Å²) in [5.74, 6) is 1.17. The zero-order valence-electron chi connectivity index (χ0n) is 20.8. The SMILES string of the molecule is CCOC(=O)CN(Cc1ccc(OCCn2cnc3ccccc32)cc1)C(=O)Oc1ccc(OC)cc1. The van der Waals surface area contributed by atoms with Crippen LogP contribution >= 0.6 is 0 Å². The Morgan fingerprint density at radius 2 is 1.62 bits per heavy atom. The highest BCUT2D eigenvalue weighted by atomic mass is 16.6. The first kappa shape index (κ1) is 25.6. The first-order chi connectivity index (χ1) is 18.1. The Labute approximate surface area is 215 Å². The number of carbonyl (C=O) groups is 2. The second-order valence-corrected chi connectivity index (χ2v) is 8.12. The van der Waals surface area contributed by atoms with Gasteiger partial charge in [-0.05, 0) is 61.0 Å². The number of hydrogen-bond donors (Lipinski definition) is 0. The number of hydrogen-bond acceptors (Lipinski definition) is 7. The average Bonchev–Trinajstić information content (AvgIpc) is 3.33. The predicted molar refractivity (Wildman–Crippen MR) is 138 cm³/mol. The highest BCUT2D eigenvalue weighted by molar-refractivity contribution is 5.79. The molecule has 192 valence electrons. The molecule has 37 heavy (non-hydrogen) atoms. The number of imidazole rings is 1. The molecule has 0 saturated carbocycles. The number of methoxy groups -OCH3 is 1. The van der Waals surface area contributed by atoms with Gasteiger partial charge in [-0.15, -0.1) is 0 Å². The summed E-state index contributed by atoms with van der Waals surface area (Å²) in [6.45, 7) is 3.00. The Balaban J connectivity index is 1.35. The molecule has 0 bridgehead atoms. The van der Waals surface area contributed by atoms with Gasteiger partial charge in [0, 0.05) is 6.54 Å². The van der Waals surface area contributed by atoms with E-state index >= 15 is 0 Å². The monoisotopic (exact) mass is 503 g/mol. The van der Waals surface area contributed by atoms with E-state index in [1.54, 1.807) is 44.6 Å². The molecule has 9 heteroatoms. The van der Waals surface area contributed by atoms with Gasteiger partial charge in [0.2, 0.25) is 0 Å². The quantitative estimate of drug-likeness (QED) is 0.274. The summed E-state index contributed by atoms with van der Waals surface area (Å²) in [5, 5.41) is 0. The van der Waals surface area contributed by atoms with E-state index in [9.17, 15) is 9.59 Å². The van der Waals surface area contributed by atoms with E-state index in [1.807, 2.05) is 53.1 Å². The molecule has 3 aromatic carbocycles. The molecule has 1 heterocycles. The molecule has 4 aromatic rings. The number of rotatable bonds is 11. The van der Waals surface area contributed by atoms with E-state index in [2.05, 4.69) is 4.98 Å². The zero-order chi connectivity index (χ0) is 26.0. The van der Waals surface area contributed by atoms with Crippen LogP contribution in [0.1, 0.15) is 12.5 Å². The molecule has 0 fully saturated rings. The van der Waals surface area contributed by atoms with Gasteiger partial charge in [-0.25, -0.2) is 9.78 Å². The minimum Gasteiger partial charge on any atom is -0.497 e. The maximum Gasteiger partial charge on any atom is 0.416 e. The number of ether oxygens (including phenoxy) is 4. The van der Waals surface area contributed by atoms with E-state index < -0.39 is 12.1 Å². The lowest BCUT2D eigenvalue weighted by molar-refractivity contribution is -0.144. The molecule has 9 nitrogen and oxygen atoms in total. The third kappa shape index (κ3) is 7.00. The van der Waals surface area contributed by atoms with Crippen LogP contribution in [0.15, 0.2) is 79.1 Å². The number of carbonyl (C=O) groups excluding carboxylic acids is 2. The molecular formula is C28H29N3O6. The Morgan fingerprint density at radius 1 is 0.919 bits per heavy atom. The average molecular weight is 504 g/mol. The van der Waals surface area contributed by atoms with Gasteiger partial charge in [0.05, 0.1) is 37.6 Å². The predicted octanol–water partition coefficient (Wildman–Crippen LogP) is 4.69. The summed E-state index contributed by atoms with van der Waals surface area (Å²) >= 11 is 0. The van der Waals surface area contributed by atoms with Crippen molar-refractivity contribution in [1.82, 2.24) is 14.5 Å². The van der Waals surface area contributed by atoms with Crippen molar-refractivity contribution >= 4 is 23.1 Å². The van der Waals surface area contributed by atoms with E-state index in [4.69, 9.17) is 18.9 Å². The maximum absolute atomic E-state index is 12.9. The minimum atomic E-state index is -0.661. The third-order valence-electron chi connectivity index (χ3n) is 5.57. The van der Waals surface area contributed by atoms with Gasteiger partial charge < -0.3 is 23.5 Å². The maximum atomic E-state index is 12.9. The van der Waals surface area contributed by atoms with Crippen molar-refractivity contribution in [3.8, 4) is 17.2 Å². The van der Waals surface area contributed by atoms with E-state index in [0.29, 0.717) is 30.4 Å². The number of nitrogens with zero attached hydrogens (tertiary/aromatic N) is 3. The van der Waals surface area contributed by atoms with Crippen LogP contribution in [0, 0.1) is 0 Å². The first-order valence-electron chi connectivity index (χ1n) is 11.9. The highest BCUT2D eigenvalue weighted by Crippen LogP contribution is 2.19. The van der Waals surface area contributed by atoms with E-state index in [0.717, 1.165) is 16.6 Å². The zero-order valence-corrected chi connectivity index (χ0v) is 20.8. The summed E-state index contributed by atoms with van der Waals surface area (Å²) in [6.07, 6.45) is 1.14. The lowest BCUT2D eigenvalue weighted by Gasteiger charge is -2.21. The van der Waals surface area contributed by atoms with Crippen molar-refractivity contribution in [2.75, 3.05) is 26.9 Å². The van der Waals surface area contributed by atoms with Crippen LogP contribution in [0.4, 0.5) is 4.79 Å². The van der Waals surface area contributed by atoms with Gasteiger partial charge in [-0.3, -0.25) is 9.69 Å². The second-order valence-electron chi connectivity index (χ2n) is 8.12. The van der Waals surface area contributed by atoms with Crippen LogP contribution in [0.5, 0.6) is 17.2 Å². The fourth-order valence-electron chi connectivity index (χ4n) is 3.72. The standard InChI is InChI=1S/C28H29N3O6/c1-3-35-27(32)19-31(28(33)37-24-14-12-22(34-2)13-15-24)18-21-8-10-23(11-9-21)36-17-16-30-20-29-25-6-4-5-7-26(25)30/h4-15,20H,3,16-19H2,1-2H3. The molecule has 1 amide bonds. The molecule has 0 N–H and O–H groups in total. The van der Waals surface area contributed by atoms with Crippen molar-refractivity contribution in [2.45, 2.75) is 20.0 Å². The number of para-hydroxylation sites is 2. The molecule has 0 atom stereocenters. The summed E-state index contributed by atoms with van der Waals surface area (Å²) in [7, 11) is 1.56. The highest BCUT2D eigenvalue weighted by Gasteiger charge is 2.21. The fourth-order valence-corrected chi connectivity index (χ4v) is 3.72. The van der Waals surface area contributed by atoms with E-state index in [-0.39, 0.29) is 19.7 Å². The Hall–Kier alpha value is -4.53. The van der Waals surface area contributed by atoms with Gasteiger partial charge in [0.1, 0.15) is 30.4 Å². The second kappa shape index (κ2) is 12.4. The van der Waals surface area contributed by atoms with Gasteiger partial charge >= 0.3 is 12.1 Å². The van der Waals surface area contributed by atoms with Gasteiger partial charge in [-0.2, -0.15) is 0 Å². The molecule has 1 aromatic heterocycles. The number of aromatic nitrogens is 2. The number of benzene rings is 3. The fraction of sp³-hybridized carbons (Fsp3) is 0.250. The van der Waals surface area contributed by atoms with Crippen molar-refractivity contribution in [3.63, 3.8) is 0 Å². The Morgan fingerprint density at radius 3 is 2.35 bits per heavy atom. The van der Waals surface area contributed by atoms with Gasteiger partial charge in [0.25, 0.3) is 0 Å². The van der Waals surface area contributed by atoms with Crippen LogP contribution < -0.4 is 14.2 Å². The molecule has 0 unspecified atom stereocenters. The number of esters is 1. The summed E-state index contributed by atoms with van der Waals surface area (Å²) < 4.78 is 23.6. The van der Waals surface area contributed by atoms with Crippen LogP contribution in [-0.2, 0) is 22.6 Å². The lowest BCUT2D eigenvalue weighted by Crippen LogP contribution is -2.38. The van der Waals surface area contributed by atoms with Crippen molar-refractivity contribution in [2.24, 2.45) is 0 Å². The van der Waals surface area contributed by atoms with Crippen molar-refractivity contribution in [1.29, 1.82) is 0 Å². The Kier molecular flexibility index (Phi) is 8.59. The third-order valence-corrected chi connectivity index (χ3v) is 5.57. The topological polar surface area (TPSA) is 92.1 Å². The van der Waals surface area contributed by atoms with Crippen molar-refractivity contribution < 1.29 is 28.5 Å². The van der Waals surface area contributed by atoms with Crippen LogP contribution in [0.2, 0.25) is 0 Å². The number of fused-ring (bicyclic) bond motifs is 1. The summed E-state index contributed by atoms with van der Waals surface area (Å²) in [6, 6.07) is 21.9. The van der Waals surface area contributed by atoms with E-state index in [1.165, 1.54) is 4.90 Å². The van der Waals surface area contributed by atoms with Gasteiger partial charge in [0.15, 0.2) is 0 Å². The molecule has 0 spiro atoms. The largest absolute Gasteiger partial charge is 0.497 e. The summed E-state index contributed by atoms with van der Waals surface area (Å²) in [5.41, 5.74) is 2.82. The van der Waals surface area contributed by atoms with Crippen LogP contribution in [0.25, 0.3) is 11.0 Å². The lowest BCUT2D eigenvalue weighted by atomic mass is 10.2.